The molecule has 0 saturated carbocycles. The maximum atomic E-state index is 11.2. The molecule has 13 heavy (non-hydrogen) atoms. The fourth-order valence-electron chi connectivity index (χ4n) is 0.758. The zero-order chi connectivity index (χ0) is 10.2. The Bertz CT molecular complexity index is 191. The molecule has 0 aromatic rings. The Hall–Kier alpha value is 0.550. The summed E-state index contributed by atoms with van der Waals surface area (Å²) in [5, 5.41) is 0. The molecule has 1 N–H and O–H groups in total. The first-order valence-corrected chi connectivity index (χ1v) is 7.72. The van der Waals surface area contributed by atoms with Crippen LogP contribution in [0, 0.1) is 0 Å². The molecule has 0 radical (unpaired) electrons. The van der Waals surface area contributed by atoms with Crippen LogP contribution in [-0.4, -0.2) is 38.6 Å². The van der Waals surface area contributed by atoms with Crippen molar-refractivity contribution in [2.24, 2.45) is 0 Å². The molecule has 0 aromatic carbocycles. The lowest BCUT2D eigenvalue weighted by molar-refractivity contribution is 0.581. The van der Waals surface area contributed by atoms with Gasteiger partial charge in [-0.15, -0.1) is 11.6 Å². The van der Waals surface area contributed by atoms with Crippen molar-refractivity contribution < 1.29 is 8.42 Å². The summed E-state index contributed by atoms with van der Waals surface area (Å²) < 4.78 is 25.0. The number of nitrogens with one attached hydrogen (secondary N) is 1. The van der Waals surface area contributed by atoms with Crippen LogP contribution < -0.4 is 4.72 Å². The predicted molar refractivity (Wildman–Crippen MR) is 60.1 cm³/mol. The van der Waals surface area contributed by atoms with E-state index in [0.717, 1.165) is 12.2 Å². The highest BCUT2D eigenvalue weighted by atomic mass is 35.5. The molecule has 0 aromatic heterocycles. The summed E-state index contributed by atoms with van der Waals surface area (Å²) in [6.07, 6.45) is 3.34. The van der Waals surface area contributed by atoms with E-state index in [4.69, 9.17) is 11.6 Å². The second-order valence-electron chi connectivity index (χ2n) is 2.60. The average molecular weight is 246 g/mol. The SMILES string of the molecule is CSCCNS(=O)(=O)CCCCCl. The minimum Gasteiger partial charge on any atom is -0.214 e. The van der Waals surface area contributed by atoms with Gasteiger partial charge in [0.2, 0.25) is 10.0 Å². The van der Waals surface area contributed by atoms with Crippen LogP contribution in [0.4, 0.5) is 0 Å². The van der Waals surface area contributed by atoms with Crippen LogP contribution in [0.15, 0.2) is 0 Å². The number of halogens is 1. The zero-order valence-corrected chi connectivity index (χ0v) is 10.1. The van der Waals surface area contributed by atoms with Crippen LogP contribution in [0.1, 0.15) is 12.8 Å². The highest BCUT2D eigenvalue weighted by molar-refractivity contribution is 7.98. The van der Waals surface area contributed by atoms with E-state index in [2.05, 4.69) is 4.72 Å². The van der Waals surface area contributed by atoms with Crippen LogP contribution in [0.2, 0.25) is 0 Å². The number of hydrogen-bond donors (Lipinski definition) is 1. The summed E-state index contributed by atoms with van der Waals surface area (Å²) >= 11 is 7.06. The number of rotatable bonds is 8. The number of thioether (sulfide) groups is 1. The molecular formula is C7H16ClNO2S2. The third-order valence-corrected chi connectivity index (χ3v) is 3.77. The Morgan fingerprint density at radius 1 is 1.38 bits per heavy atom. The van der Waals surface area contributed by atoms with Gasteiger partial charge in [-0.3, -0.25) is 0 Å². The van der Waals surface area contributed by atoms with Gasteiger partial charge >= 0.3 is 0 Å². The normalized spacial score (nSPS) is 11.8. The van der Waals surface area contributed by atoms with Gasteiger partial charge in [-0.2, -0.15) is 11.8 Å². The Labute approximate surface area is 89.7 Å². The molecule has 0 heterocycles. The Morgan fingerprint density at radius 2 is 2.08 bits per heavy atom. The van der Waals surface area contributed by atoms with E-state index in [-0.39, 0.29) is 5.75 Å². The van der Waals surface area contributed by atoms with Gasteiger partial charge < -0.3 is 0 Å². The van der Waals surface area contributed by atoms with Crippen molar-refractivity contribution in [1.29, 1.82) is 0 Å². The van der Waals surface area contributed by atoms with E-state index in [1.54, 1.807) is 11.8 Å². The molecule has 0 aliphatic rings. The van der Waals surface area contributed by atoms with Gasteiger partial charge in [0.25, 0.3) is 0 Å². The molecule has 0 bridgehead atoms. The molecule has 0 aliphatic carbocycles. The largest absolute Gasteiger partial charge is 0.214 e. The topological polar surface area (TPSA) is 46.2 Å². The summed E-state index contributed by atoms with van der Waals surface area (Å²) in [5.74, 6) is 1.53. The van der Waals surface area contributed by atoms with Gasteiger partial charge in [-0.1, -0.05) is 0 Å². The van der Waals surface area contributed by atoms with E-state index in [9.17, 15) is 8.42 Å². The summed E-state index contributed by atoms with van der Waals surface area (Å²) in [5.41, 5.74) is 0. The molecule has 3 nitrogen and oxygen atoms in total. The first-order valence-electron chi connectivity index (χ1n) is 4.14. The summed E-state index contributed by atoms with van der Waals surface area (Å²) in [4.78, 5) is 0. The smallest absolute Gasteiger partial charge is 0.211 e. The van der Waals surface area contributed by atoms with Gasteiger partial charge in [0.05, 0.1) is 5.75 Å². The molecule has 0 amide bonds. The highest BCUT2D eigenvalue weighted by Crippen LogP contribution is 1.97. The van der Waals surface area contributed by atoms with Gasteiger partial charge in [0.15, 0.2) is 0 Å². The second-order valence-corrected chi connectivity index (χ2v) is 5.89. The number of alkyl halides is 1. The molecular weight excluding hydrogens is 230 g/mol. The monoisotopic (exact) mass is 245 g/mol. The van der Waals surface area contributed by atoms with Gasteiger partial charge in [0.1, 0.15) is 0 Å². The van der Waals surface area contributed by atoms with E-state index < -0.39 is 10.0 Å². The van der Waals surface area contributed by atoms with Crippen LogP contribution in [-0.2, 0) is 10.0 Å². The lowest BCUT2D eigenvalue weighted by atomic mass is 10.4. The van der Waals surface area contributed by atoms with Gasteiger partial charge in [0, 0.05) is 18.2 Å². The van der Waals surface area contributed by atoms with Crippen LogP contribution in [0.25, 0.3) is 0 Å². The quantitative estimate of drug-likeness (QED) is 0.518. The maximum Gasteiger partial charge on any atom is 0.211 e. The third-order valence-electron chi connectivity index (χ3n) is 1.42. The fourth-order valence-corrected chi connectivity index (χ4v) is 2.52. The standard InChI is InChI=1S/C7H16ClNO2S2/c1-12-6-5-9-13(10,11)7-3-2-4-8/h9H,2-7H2,1H3. The molecule has 0 fully saturated rings. The lowest BCUT2D eigenvalue weighted by Gasteiger charge is -2.04. The first kappa shape index (κ1) is 13.5. The van der Waals surface area contributed by atoms with E-state index in [0.29, 0.717) is 18.8 Å². The van der Waals surface area contributed by atoms with Crippen molar-refractivity contribution in [2.75, 3.05) is 30.2 Å². The molecule has 0 unspecified atom stereocenters. The van der Waals surface area contributed by atoms with Crippen molar-refractivity contribution in [1.82, 2.24) is 4.72 Å². The number of hydrogen-bond acceptors (Lipinski definition) is 3. The van der Waals surface area contributed by atoms with Crippen LogP contribution in [0.3, 0.4) is 0 Å². The molecule has 0 spiro atoms. The third kappa shape index (κ3) is 8.87. The Morgan fingerprint density at radius 3 is 2.62 bits per heavy atom. The molecule has 0 rings (SSSR count). The van der Waals surface area contributed by atoms with Crippen molar-refractivity contribution in [3.8, 4) is 0 Å². The molecule has 6 heteroatoms. The maximum absolute atomic E-state index is 11.2. The molecule has 0 saturated heterocycles. The van der Waals surface area contributed by atoms with Crippen LogP contribution in [0.5, 0.6) is 0 Å². The van der Waals surface area contributed by atoms with Crippen molar-refractivity contribution in [2.45, 2.75) is 12.8 Å². The molecule has 0 aliphatic heterocycles. The van der Waals surface area contributed by atoms with Gasteiger partial charge in [-0.05, 0) is 19.1 Å². The lowest BCUT2D eigenvalue weighted by Crippen LogP contribution is -2.28. The van der Waals surface area contributed by atoms with Crippen LogP contribution >= 0.6 is 23.4 Å². The summed E-state index contributed by atoms with van der Waals surface area (Å²) in [6, 6.07) is 0. The summed E-state index contributed by atoms with van der Waals surface area (Å²) in [7, 11) is -3.05. The Kier molecular flexibility index (Phi) is 8.24. The number of unbranched alkanes of at least 4 members (excludes halogenated alkanes) is 1. The molecule has 0 atom stereocenters. The Balaban J connectivity index is 3.55. The molecule has 80 valence electrons. The average Bonchev–Trinajstić information content (AvgIpc) is 2.05. The van der Waals surface area contributed by atoms with E-state index in [1.807, 2.05) is 6.26 Å². The minimum absolute atomic E-state index is 0.189. The van der Waals surface area contributed by atoms with E-state index >= 15 is 0 Å². The fraction of sp³-hybridized carbons (Fsp3) is 1.00. The predicted octanol–water partition coefficient (Wildman–Crippen LogP) is 1.29. The van der Waals surface area contributed by atoms with Crippen molar-refractivity contribution in [3.63, 3.8) is 0 Å². The van der Waals surface area contributed by atoms with Crippen molar-refractivity contribution in [3.05, 3.63) is 0 Å². The van der Waals surface area contributed by atoms with Gasteiger partial charge in [-0.25, -0.2) is 13.1 Å². The van der Waals surface area contributed by atoms with Crippen molar-refractivity contribution >= 4 is 33.4 Å². The highest BCUT2D eigenvalue weighted by Gasteiger charge is 2.07. The first-order chi connectivity index (χ1) is 6.12. The van der Waals surface area contributed by atoms with E-state index in [1.165, 1.54) is 0 Å². The zero-order valence-electron chi connectivity index (χ0n) is 7.75. The summed E-state index contributed by atoms with van der Waals surface area (Å²) in [6.45, 7) is 0.518. The minimum atomic E-state index is -3.05. The number of sulfonamides is 1. The second kappa shape index (κ2) is 7.91.